The largest absolute Gasteiger partial charge is 0.428 e. The van der Waals surface area contributed by atoms with Crippen LogP contribution in [0.5, 0.6) is 0 Å². The van der Waals surface area contributed by atoms with Crippen LogP contribution in [0.25, 0.3) is 17.0 Å². The van der Waals surface area contributed by atoms with E-state index >= 15 is 0 Å². The van der Waals surface area contributed by atoms with E-state index in [0.29, 0.717) is 17.0 Å². The van der Waals surface area contributed by atoms with Crippen LogP contribution in [0.4, 0.5) is 0 Å². The number of aromatic nitrogens is 4. The van der Waals surface area contributed by atoms with Crippen molar-refractivity contribution in [3.63, 3.8) is 0 Å². The fourth-order valence-corrected chi connectivity index (χ4v) is 3.01. The van der Waals surface area contributed by atoms with Crippen molar-refractivity contribution in [1.82, 2.24) is 18.5 Å². The molecule has 134 valence electrons. The summed E-state index contributed by atoms with van der Waals surface area (Å²) in [5, 5.41) is 0. The Morgan fingerprint density at radius 2 is 1.81 bits per heavy atom. The third kappa shape index (κ3) is 2.39. The van der Waals surface area contributed by atoms with Crippen LogP contribution in [0.2, 0.25) is 0 Å². The molecule has 7 nitrogen and oxygen atoms in total. The van der Waals surface area contributed by atoms with Crippen LogP contribution in [0.1, 0.15) is 32.1 Å². The highest BCUT2D eigenvalue weighted by molar-refractivity contribution is 5.74. The van der Waals surface area contributed by atoms with Gasteiger partial charge in [0.05, 0.1) is 12.7 Å². The molecular weight excluding hydrogens is 332 g/mol. The van der Waals surface area contributed by atoms with Crippen molar-refractivity contribution in [3.05, 3.63) is 68.7 Å². The Labute approximate surface area is 149 Å². The highest BCUT2D eigenvalue weighted by atomic mass is 16.4. The van der Waals surface area contributed by atoms with Gasteiger partial charge in [0.15, 0.2) is 11.2 Å². The first-order valence-electron chi connectivity index (χ1n) is 8.43. The number of hydrogen-bond acceptors (Lipinski definition) is 4. The molecule has 0 unspecified atom stereocenters. The Morgan fingerprint density at radius 1 is 1.12 bits per heavy atom. The lowest BCUT2D eigenvalue weighted by atomic mass is 9.94. The van der Waals surface area contributed by atoms with Gasteiger partial charge >= 0.3 is 11.5 Å². The molecule has 3 aromatic heterocycles. The minimum Gasteiger partial charge on any atom is -0.428 e. The Kier molecular flexibility index (Phi) is 3.44. The smallest absolute Gasteiger partial charge is 0.332 e. The number of imidazole rings is 1. The number of benzene rings is 1. The van der Waals surface area contributed by atoms with Crippen LogP contribution in [0, 0.1) is 0 Å². The molecule has 7 heteroatoms. The Hall–Kier alpha value is -3.09. The molecule has 0 saturated heterocycles. The zero-order valence-electron chi connectivity index (χ0n) is 15.2. The van der Waals surface area contributed by atoms with Crippen LogP contribution in [0.15, 0.2) is 50.5 Å². The first-order chi connectivity index (χ1) is 12.3. The molecule has 4 rings (SSSR count). The van der Waals surface area contributed by atoms with Crippen LogP contribution >= 0.6 is 0 Å². The standard InChI is InChI=1S/C19H20N4O3/c1-19(2,3)13-11-22-14-15(20-17(22)26-13)21(4)18(25)23(16(14)24)10-12-8-6-5-7-9-12/h5-9,11H,10H2,1-4H3. The topological polar surface area (TPSA) is 74.4 Å². The monoisotopic (exact) mass is 352 g/mol. The maximum absolute atomic E-state index is 13.1. The van der Waals surface area contributed by atoms with Crippen LogP contribution in [-0.4, -0.2) is 18.5 Å². The van der Waals surface area contributed by atoms with E-state index < -0.39 is 5.69 Å². The summed E-state index contributed by atoms with van der Waals surface area (Å²) in [7, 11) is 1.61. The molecule has 0 bridgehead atoms. The molecule has 0 radical (unpaired) electrons. The molecule has 3 heterocycles. The molecule has 0 aliphatic heterocycles. The summed E-state index contributed by atoms with van der Waals surface area (Å²) >= 11 is 0. The number of nitrogens with zero attached hydrogens (tertiary/aromatic N) is 4. The normalized spacial score (nSPS) is 12.3. The van der Waals surface area contributed by atoms with Gasteiger partial charge < -0.3 is 4.42 Å². The molecule has 0 saturated carbocycles. The SMILES string of the molecule is Cn1c(=O)n(Cc2ccccc2)c(=O)c2c1nc1oc(C(C)(C)C)cn12. The zero-order valence-corrected chi connectivity index (χ0v) is 15.2. The predicted molar refractivity (Wildman–Crippen MR) is 98.7 cm³/mol. The highest BCUT2D eigenvalue weighted by Crippen LogP contribution is 2.26. The maximum Gasteiger partial charge on any atom is 0.332 e. The van der Waals surface area contributed by atoms with Crippen LogP contribution in [0.3, 0.4) is 0 Å². The van der Waals surface area contributed by atoms with Gasteiger partial charge in [-0.15, -0.1) is 0 Å². The Morgan fingerprint density at radius 3 is 2.46 bits per heavy atom. The summed E-state index contributed by atoms with van der Waals surface area (Å²) < 4.78 is 10.1. The van der Waals surface area contributed by atoms with Gasteiger partial charge in [-0.25, -0.2) is 4.79 Å². The van der Waals surface area contributed by atoms with E-state index in [1.54, 1.807) is 17.6 Å². The molecule has 0 aliphatic carbocycles. The second-order valence-electron chi connectivity index (χ2n) is 7.50. The molecule has 1 aromatic carbocycles. The van der Waals surface area contributed by atoms with Crippen molar-refractivity contribution in [2.75, 3.05) is 0 Å². The lowest BCUT2D eigenvalue weighted by molar-refractivity contribution is 0.425. The fraction of sp³-hybridized carbons (Fsp3) is 0.316. The van der Waals surface area contributed by atoms with Crippen molar-refractivity contribution in [2.24, 2.45) is 7.05 Å². The number of oxazole rings is 1. The fourth-order valence-electron chi connectivity index (χ4n) is 3.01. The molecule has 0 atom stereocenters. The highest BCUT2D eigenvalue weighted by Gasteiger charge is 2.24. The average molecular weight is 352 g/mol. The quantitative estimate of drug-likeness (QED) is 0.555. The molecule has 0 amide bonds. The van der Waals surface area contributed by atoms with Gasteiger partial charge in [-0.1, -0.05) is 51.1 Å². The summed E-state index contributed by atoms with van der Waals surface area (Å²) in [6.07, 6.45) is 1.78. The van der Waals surface area contributed by atoms with Gasteiger partial charge in [0.25, 0.3) is 5.56 Å². The summed E-state index contributed by atoms with van der Waals surface area (Å²) in [6.45, 7) is 6.28. The molecule has 0 spiro atoms. The van der Waals surface area contributed by atoms with E-state index in [1.165, 1.54) is 9.13 Å². The molecule has 4 aromatic rings. The van der Waals surface area contributed by atoms with Gasteiger partial charge in [-0.2, -0.15) is 4.98 Å². The second-order valence-corrected chi connectivity index (χ2v) is 7.50. The summed E-state index contributed by atoms with van der Waals surface area (Å²) in [5.41, 5.74) is 0.565. The van der Waals surface area contributed by atoms with Crippen LogP contribution < -0.4 is 11.2 Å². The summed E-state index contributed by atoms with van der Waals surface area (Å²) in [4.78, 5) is 30.1. The number of fused-ring (bicyclic) bond motifs is 3. The van der Waals surface area contributed by atoms with E-state index in [4.69, 9.17) is 4.42 Å². The van der Waals surface area contributed by atoms with E-state index in [0.717, 1.165) is 11.3 Å². The van der Waals surface area contributed by atoms with Crippen LogP contribution in [-0.2, 0) is 19.0 Å². The van der Waals surface area contributed by atoms with E-state index in [9.17, 15) is 9.59 Å². The molecule has 26 heavy (non-hydrogen) atoms. The second kappa shape index (κ2) is 5.45. The maximum atomic E-state index is 13.1. The number of rotatable bonds is 2. The molecular formula is C19H20N4O3. The third-order valence-electron chi connectivity index (χ3n) is 4.51. The summed E-state index contributed by atoms with van der Waals surface area (Å²) in [6, 6.07) is 9.43. The lowest BCUT2D eigenvalue weighted by Gasteiger charge is -2.13. The summed E-state index contributed by atoms with van der Waals surface area (Å²) in [5.74, 6) is 1.04. The predicted octanol–water partition coefficient (Wildman–Crippen LogP) is 2.29. The van der Waals surface area contributed by atoms with E-state index in [2.05, 4.69) is 4.98 Å². The Balaban J connectivity index is 2.01. The van der Waals surface area contributed by atoms with E-state index in [1.807, 2.05) is 51.1 Å². The molecule has 0 aliphatic rings. The van der Waals surface area contributed by atoms with E-state index in [-0.39, 0.29) is 17.5 Å². The zero-order chi connectivity index (χ0) is 18.6. The number of aryl methyl sites for hydroxylation is 1. The van der Waals surface area contributed by atoms with Crippen molar-refractivity contribution in [2.45, 2.75) is 32.7 Å². The van der Waals surface area contributed by atoms with Crippen molar-refractivity contribution >= 4 is 17.0 Å². The van der Waals surface area contributed by atoms with Gasteiger partial charge in [-0.05, 0) is 5.56 Å². The van der Waals surface area contributed by atoms with Gasteiger partial charge in [0.2, 0.25) is 0 Å². The molecule has 0 fully saturated rings. The van der Waals surface area contributed by atoms with Crippen molar-refractivity contribution in [1.29, 1.82) is 0 Å². The Bertz CT molecular complexity index is 1230. The van der Waals surface area contributed by atoms with Gasteiger partial charge in [0, 0.05) is 12.5 Å². The van der Waals surface area contributed by atoms with Crippen molar-refractivity contribution in [3.8, 4) is 0 Å². The minimum absolute atomic E-state index is 0.208. The first kappa shape index (κ1) is 16.4. The van der Waals surface area contributed by atoms with Crippen molar-refractivity contribution < 1.29 is 4.42 Å². The third-order valence-corrected chi connectivity index (χ3v) is 4.51. The number of hydrogen-bond donors (Lipinski definition) is 0. The lowest BCUT2D eigenvalue weighted by Crippen LogP contribution is -2.39. The van der Waals surface area contributed by atoms with Gasteiger partial charge in [-0.3, -0.25) is 18.3 Å². The first-order valence-corrected chi connectivity index (χ1v) is 8.43. The average Bonchev–Trinajstić information content (AvgIpc) is 3.15. The molecule has 0 N–H and O–H groups in total. The van der Waals surface area contributed by atoms with Gasteiger partial charge in [0.1, 0.15) is 5.76 Å². The minimum atomic E-state index is -0.400.